The number of hydrogen-bond acceptors (Lipinski definition) is 2. The monoisotopic (exact) mass is 294 g/mol. The average molecular weight is 294 g/mol. The van der Waals surface area contributed by atoms with Gasteiger partial charge in [0.05, 0.1) is 12.0 Å². The number of anilines is 1. The molecule has 0 saturated heterocycles. The largest absolute Gasteiger partial charge is 0.478 e. The lowest BCUT2D eigenvalue weighted by Gasteiger charge is -2.09. The van der Waals surface area contributed by atoms with Gasteiger partial charge in [0.2, 0.25) is 0 Å². The van der Waals surface area contributed by atoms with E-state index in [1.807, 2.05) is 5.32 Å². The highest BCUT2D eigenvalue weighted by Crippen LogP contribution is 2.18. The second-order valence-electron chi connectivity index (χ2n) is 3.75. The zero-order valence-corrected chi connectivity index (χ0v) is 9.92. The van der Waals surface area contributed by atoms with Crippen molar-refractivity contribution in [3.05, 3.63) is 29.6 Å². The minimum Gasteiger partial charge on any atom is -0.478 e. The Morgan fingerprint density at radius 2 is 1.90 bits per heavy atom. The fourth-order valence-electron chi connectivity index (χ4n) is 1.26. The van der Waals surface area contributed by atoms with E-state index in [0.29, 0.717) is 0 Å². The van der Waals surface area contributed by atoms with Crippen LogP contribution in [0.15, 0.2) is 18.2 Å². The summed E-state index contributed by atoms with van der Waals surface area (Å²) in [6.45, 7) is -0.620. The fraction of sp³-hybridized carbons (Fsp3) is 0.273. The lowest BCUT2D eigenvalue weighted by molar-refractivity contribution is -0.132. The molecule has 0 radical (unpaired) electrons. The van der Waals surface area contributed by atoms with Gasteiger partial charge in [-0.2, -0.15) is 13.2 Å². The van der Waals surface area contributed by atoms with Crippen molar-refractivity contribution in [3.63, 3.8) is 0 Å². The van der Waals surface area contributed by atoms with Crippen molar-refractivity contribution in [1.82, 2.24) is 5.32 Å². The maximum Gasteiger partial charge on any atom is 0.390 e. The van der Waals surface area contributed by atoms with E-state index >= 15 is 0 Å². The van der Waals surface area contributed by atoms with E-state index in [4.69, 9.17) is 5.11 Å². The van der Waals surface area contributed by atoms with Crippen molar-refractivity contribution in [2.75, 3.05) is 11.9 Å². The van der Waals surface area contributed by atoms with Gasteiger partial charge in [-0.25, -0.2) is 14.0 Å². The molecule has 0 unspecified atom stereocenters. The van der Waals surface area contributed by atoms with Crippen LogP contribution in [0, 0.1) is 5.82 Å². The van der Waals surface area contributed by atoms with Crippen LogP contribution in [-0.4, -0.2) is 29.8 Å². The number of amides is 2. The molecule has 1 rings (SSSR count). The molecule has 3 N–H and O–H groups in total. The van der Waals surface area contributed by atoms with E-state index in [-0.39, 0.29) is 5.69 Å². The molecule has 20 heavy (non-hydrogen) atoms. The number of aromatic carboxylic acids is 1. The van der Waals surface area contributed by atoms with E-state index in [2.05, 4.69) is 5.32 Å². The molecule has 0 aliphatic carbocycles. The highest BCUT2D eigenvalue weighted by Gasteiger charge is 2.26. The first-order chi connectivity index (χ1) is 9.19. The molecule has 1 aromatic rings. The summed E-state index contributed by atoms with van der Waals surface area (Å²) in [6.07, 6.45) is -5.57. The van der Waals surface area contributed by atoms with Crippen molar-refractivity contribution in [2.24, 2.45) is 0 Å². The van der Waals surface area contributed by atoms with Gasteiger partial charge < -0.3 is 15.7 Å². The number of carboxylic acids is 1. The van der Waals surface area contributed by atoms with Gasteiger partial charge in [0.15, 0.2) is 0 Å². The zero-order valence-electron chi connectivity index (χ0n) is 9.92. The van der Waals surface area contributed by atoms with Crippen molar-refractivity contribution in [1.29, 1.82) is 0 Å². The summed E-state index contributed by atoms with van der Waals surface area (Å²) >= 11 is 0. The number of carbonyl (C=O) groups excluding carboxylic acids is 1. The Bertz CT molecular complexity index is 517. The predicted octanol–water partition coefficient (Wildman–Crippen LogP) is 2.60. The molecular weight excluding hydrogens is 284 g/mol. The van der Waals surface area contributed by atoms with Crippen molar-refractivity contribution < 1.29 is 32.3 Å². The normalized spacial score (nSPS) is 11.0. The molecule has 0 heterocycles. The second kappa shape index (κ2) is 6.22. The molecule has 0 aliphatic heterocycles. The molecule has 0 saturated carbocycles. The van der Waals surface area contributed by atoms with Crippen LogP contribution in [0.25, 0.3) is 0 Å². The average Bonchev–Trinajstić information content (AvgIpc) is 2.26. The maximum atomic E-state index is 13.3. The number of carboxylic acid groups (broad SMARTS) is 1. The number of hydrogen-bond donors (Lipinski definition) is 3. The fourth-order valence-corrected chi connectivity index (χ4v) is 1.26. The van der Waals surface area contributed by atoms with E-state index in [0.717, 1.165) is 18.2 Å². The van der Waals surface area contributed by atoms with Crippen LogP contribution in [0.3, 0.4) is 0 Å². The first-order valence-corrected chi connectivity index (χ1v) is 5.33. The van der Waals surface area contributed by atoms with E-state index in [1.54, 1.807) is 0 Å². The van der Waals surface area contributed by atoms with Gasteiger partial charge in [-0.3, -0.25) is 0 Å². The van der Waals surface area contributed by atoms with Crippen LogP contribution in [-0.2, 0) is 0 Å². The number of urea groups is 1. The molecule has 9 heteroatoms. The van der Waals surface area contributed by atoms with Gasteiger partial charge in [-0.05, 0) is 18.2 Å². The van der Waals surface area contributed by atoms with Gasteiger partial charge in [-0.1, -0.05) is 0 Å². The number of rotatable bonds is 4. The second-order valence-corrected chi connectivity index (χ2v) is 3.75. The minimum atomic E-state index is -4.39. The Morgan fingerprint density at radius 3 is 2.40 bits per heavy atom. The Kier molecular flexibility index (Phi) is 4.89. The van der Waals surface area contributed by atoms with E-state index in [9.17, 15) is 27.2 Å². The third kappa shape index (κ3) is 5.12. The molecule has 1 aromatic carbocycles. The molecule has 0 aliphatic rings. The summed E-state index contributed by atoms with van der Waals surface area (Å²) in [7, 11) is 0. The van der Waals surface area contributed by atoms with Crippen LogP contribution in [0.2, 0.25) is 0 Å². The SMILES string of the molecule is O=C(NCCC(F)(F)F)Nc1ccc(C(=O)O)c(F)c1. The van der Waals surface area contributed by atoms with E-state index in [1.165, 1.54) is 0 Å². The lowest BCUT2D eigenvalue weighted by Crippen LogP contribution is -2.31. The van der Waals surface area contributed by atoms with Crippen LogP contribution < -0.4 is 10.6 Å². The standard InChI is InChI=1S/C11H10F4N2O3/c12-8-5-6(1-2-7(8)9(18)19)17-10(20)16-4-3-11(13,14)15/h1-2,5H,3-4H2,(H,18,19)(H2,16,17,20). The highest BCUT2D eigenvalue weighted by atomic mass is 19.4. The van der Waals surface area contributed by atoms with Crippen molar-refractivity contribution >= 4 is 17.7 Å². The van der Waals surface area contributed by atoms with Crippen molar-refractivity contribution in [3.8, 4) is 0 Å². The predicted molar refractivity (Wildman–Crippen MR) is 61.1 cm³/mol. The van der Waals surface area contributed by atoms with E-state index < -0.39 is 42.5 Å². The van der Waals surface area contributed by atoms with Gasteiger partial charge in [0.1, 0.15) is 5.82 Å². The molecule has 0 atom stereocenters. The molecule has 0 aromatic heterocycles. The third-order valence-electron chi connectivity index (χ3n) is 2.15. The number of carbonyl (C=O) groups is 2. The summed E-state index contributed by atoms with van der Waals surface area (Å²) < 4.78 is 48.7. The number of halogens is 4. The summed E-state index contributed by atoms with van der Waals surface area (Å²) in [5, 5.41) is 12.6. The Morgan fingerprint density at radius 1 is 1.25 bits per heavy atom. The summed E-state index contributed by atoms with van der Waals surface area (Å²) in [5.74, 6) is -2.53. The molecule has 110 valence electrons. The number of benzene rings is 1. The molecule has 5 nitrogen and oxygen atoms in total. The van der Waals surface area contributed by atoms with Crippen LogP contribution >= 0.6 is 0 Å². The smallest absolute Gasteiger partial charge is 0.390 e. The van der Waals surface area contributed by atoms with Crippen LogP contribution in [0.4, 0.5) is 28.0 Å². The first kappa shape index (κ1) is 15.7. The Balaban J connectivity index is 2.54. The zero-order chi connectivity index (χ0) is 15.3. The Hall–Kier alpha value is -2.32. The Labute approximate surface area is 110 Å². The van der Waals surface area contributed by atoms with Gasteiger partial charge in [0, 0.05) is 12.2 Å². The molecule has 0 bridgehead atoms. The van der Waals surface area contributed by atoms with Crippen LogP contribution in [0.5, 0.6) is 0 Å². The first-order valence-electron chi connectivity index (χ1n) is 5.33. The summed E-state index contributed by atoms with van der Waals surface area (Å²) in [4.78, 5) is 21.7. The lowest BCUT2D eigenvalue weighted by atomic mass is 10.2. The van der Waals surface area contributed by atoms with Gasteiger partial charge in [-0.15, -0.1) is 0 Å². The third-order valence-corrected chi connectivity index (χ3v) is 2.15. The number of alkyl halides is 3. The maximum absolute atomic E-state index is 13.3. The highest BCUT2D eigenvalue weighted by molar-refractivity contribution is 5.91. The van der Waals surface area contributed by atoms with Gasteiger partial charge >= 0.3 is 18.2 Å². The molecule has 2 amide bonds. The summed E-state index contributed by atoms with van der Waals surface area (Å²) in [5.41, 5.74) is -0.648. The van der Waals surface area contributed by atoms with Crippen LogP contribution in [0.1, 0.15) is 16.8 Å². The molecular formula is C11H10F4N2O3. The summed E-state index contributed by atoms with van der Waals surface area (Å²) in [6, 6.07) is 1.86. The quantitative estimate of drug-likeness (QED) is 0.747. The molecule has 0 fully saturated rings. The molecule has 0 spiro atoms. The topological polar surface area (TPSA) is 78.4 Å². The van der Waals surface area contributed by atoms with Crippen molar-refractivity contribution in [2.45, 2.75) is 12.6 Å². The number of nitrogens with one attached hydrogen (secondary N) is 2. The minimum absolute atomic E-state index is 0.0722. The van der Waals surface area contributed by atoms with Gasteiger partial charge in [0.25, 0.3) is 0 Å².